The first kappa shape index (κ1) is 25.7. The lowest BCUT2D eigenvalue weighted by Crippen LogP contribution is -2.41. The summed E-state index contributed by atoms with van der Waals surface area (Å²) in [5.41, 5.74) is 0.224. The van der Waals surface area contributed by atoms with E-state index in [4.69, 9.17) is 14.2 Å². The third-order valence-corrected chi connectivity index (χ3v) is 6.00. The summed E-state index contributed by atoms with van der Waals surface area (Å²) in [6.07, 6.45) is 8.00. The maximum Gasteiger partial charge on any atom is 0.335 e. The average molecular weight is 450 g/mol. The fourth-order valence-corrected chi connectivity index (χ4v) is 4.35. The van der Waals surface area contributed by atoms with Crippen molar-refractivity contribution in [3.8, 4) is 0 Å². The molecule has 0 saturated carbocycles. The number of hydrogen-bond acceptors (Lipinski definition) is 6. The third kappa shape index (κ3) is 6.46. The van der Waals surface area contributed by atoms with Gasteiger partial charge in [0, 0.05) is 32.7 Å². The van der Waals surface area contributed by atoms with Crippen molar-refractivity contribution in [2.75, 3.05) is 34.4 Å². The van der Waals surface area contributed by atoms with Gasteiger partial charge in [-0.3, -0.25) is 4.79 Å². The Labute approximate surface area is 189 Å². The van der Waals surface area contributed by atoms with E-state index in [0.29, 0.717) is 31.1 Å². The van der Waals surface area contributed by atoms with Crippen LogP contribution in [0.3, 0.4) is 0 Å². The summed E-state index contributed by atoms with van der Waals surface area (Å²) in [6, 6.07) is 0. The van der Waals surface area contributed by atoms with Gasteiger partial charge in [0.25, 0.3) is 0 Å². The Morgan fingerprint density at radius 3 is 2.53 bits per heavy atom. The van der Waals surface area contributed by atoms with Crippen molar-refractivity contribution in [2.24, 2.45) is 17.8 Å². The van der Waals surface area contributed by atoms with Gasteiger partial charge in [0.15, 0.2) is 0 Å². The molecule has 178 valence electrons. The van der Waals surface area contributed by atoms with Gasteiger partial charge in [-0.2, -0.15) is 0 Å². The molecule has 1 amide bonds. The zero-order valence-electron chi connectivity index (χ0n) is 19.5. The lowest BCUT2D eigenvalue weighted by Gasteiger charge is -2.37. The summed E-state index contributed by atoms with van der Waals surface area (Å²) in [4.78, 5) is 26.1. The highest BCUT2D eigenvalue weighted by Crippen LogP contribution is 2.40. The average Bonchev–Trinajstić information content (AvgIpc) is 2.77. The highest BCUT2D eigenvalue weighted by Gasteiger charge is 2.40. The van der Waals surface area contributed by atoms with Crippen molar-refractivity contribution in [2.45, 2.75) is 38.9 Å². The lowest BCUT2D eigenvalue weighted by atomic mass is 9.71. The largest absolute Gasteiger partial charge is 0.501 e. The number of rotatable bonds is 11. The second kappa shape index (κ2) is 11.9. The fraction of sp³-hybridized carbons (Fsp3) is 0.583. The van der Waals surface area contributed by atoms with Gasteiger partial charge in [-0.05, 0) is 38.2 Å². The van der Waals surface area contributed by atoms with Crippen LogP contribution in [-0.2, 0) is 23.8 Å². The molecule has 2 rings (SSSR count). The minimum atomic E-state index is -0.986. The molecule has 5 atom stereocenters. The second-order valence-corrected chi connectivity index (χ2v) is 8.17. The number of likely N-dealkylation sites (N-methyl/N-ethyl adjacent to an activating group) is 1. The highest BCUT2D eigenvalue weighted by atomic mass is 16.5. The molecule has 2 aliphatic rings. The molecule has 0 radical (unpaired) electrons. The molecule has 8 heteroatoms. The summed E-state index contributed by atoms with van der Waals surface area (Å²) >= 11 is 0. The lowest BCUT2D eigenvalue weighted by molar-refractivity contribution is -0.134. The summed E-state index contributed by atoms with van der Waals surface area (Å²) in [5.74, 6) is -0.976. The predicted molar refractivity (Wildman–Crippen MR) is 119 cm³/mol. The van der Waals surface area contributed by atoms with Crippen molar-refractivity contribution in [3.05, 3.63) is 47.5 Å². The van der Waals surface area contributed by atoms with Crippen LogP contribution in [0.5, 0.6) is 0 Å². The highest BCUT2D eigenvalue weighted by molar-refractivity contribution is 5.90. The number of carboxylic acids is 1. The molecule has 0 aromatic carbocycles. The molecule has 0 bridgehead atoms. The Morgan fingerprint density at radius 2 is 2.00 bits per heavy atom. The van der Waals surface area contributed by atoms with Gasteiger partial charge in [0.1, 0.15) is 11.5 Å². The minimum absolute atomic E-state index is 0.0767. The van der Waals surface area contributed by atoms with E-state index in [2.05, 4.69) is 0 Å². The van der Waals surface area contributed by atoms with E-state index in [1.54, 1.807) is 36.3 Å². The van der Waals surface area contributed by atoms with Crippen molar-refractivity contribution in [1.82, 2.24) is 4.90 Å². The second-order valence-electron chi connectivity index (χ2n) is 8.17. The molecule has 8 nitrogen and oxygen atoms in total. The van der Waals surface area contributed by atoms with E-state index in [-0.39, 0.29) is 35.8 Å². The normalized spacial score (nSPS) is 24.6. The van der Waals surface area contributed by atoms with Crippen molar-refractivity contribution < 1.29 is 34.0 Å². The monoisotopic (exact) mass is 449 g/mol. The first-order valence-corrected chi connectivity index (χ1v) is 10.9. The van der Waals surface area contributed by atoms with Crippen LogP contribution >= 0.6 is 0 Å². The number of hydrogen-bond donors (Lipinski definition) is 2. The molecule has 0 fully saturated rings. The van der Waals surface area contributed by atoms with Crippen LogP contribution in [0.25, 0.3) is 0 Å². The van der Waals surface area contributed by atoms with Gasteiger partial charge in [-0.1, -0.05) is 18.2 Å². The molecule has 2 aliphatic carbocycles. The summed E-state index contributed by atoms with van der Waals surface area (Å²) in [7, 11) is 4.78. The van der Waals surface area contributed by atoms with Crippen LogP contribution in [-0.4, -0.2) is 73.6 Å². The Hall–Kier alpha value is -2.58. The Kier molecular flexibility index (Phi) is 9.53. The molecule has 0 saturated heterocycles. The van der Waals surface area contributed by atoms with Gasteiger partial charge in [-0.25, -0.2) is 4.79 Å². The van der Waals surface area contributed by atoms with Gasteiger partial charge >= 0.3 is 5.97 Å². The summed E-state index contributed by atoms with van der Waals surface area (Å²) in [5, 5.41) is 20.2. The molecular weight excluding hydrogens is 414 g/mol. The molecule has 0 aromatic heterocycles. The molecule has 0 heterocycles. The number of aliphatic hydroxyl groups is 1. The Morgan fingerprint density at radius 1 is 1.28 bits per heavy atom. The molecule has 5 unspecified atom stereocenters. The zero-order valence-corrected chi connectivity index (χ0v) is 19.5. The predicted octanol–water partition coefficient (Wildman–Crippen LogP) is 2.51. The number of aliphatic carboxylic acids is 1. The standard InChI is InChI=1S/C24H35NO7/c1-6-32-15(2)14-25(3)22(27)13-19(16-7-9-17(10-8-16)24(28)29)23-20(26)11-18(30-4)12-21(23)31-5/h7,9-12,15-16,19-20,23,26H,6,8,13-14H2,1-5H3,(H,28,29). The number of carbonyl (C=O) groups is 2. The van der Waals surface area contributed by atoms with E-state index in [1.165, 1.54) is 14.2 Å². The smallest absolute Gasteiger partial charge is 0.335 e. The number of nitrogens with zero attached hydrogens (tertiary/aromatic N) is 1. The van der Waals surface area contributed by atoms with Crippen LogP contribution in [0.15, 0.2) is 47.5 Å². The Balaban J connectivity index is 2.29. The van der Waals surface area contributed by atoms with Crippen molar-refractivity contribution >= 4 is 11.9 Å². The van der Waals surface area contributed by atoms with E-state index in [1.807, 2.05) is 19.9 Å². The maximum atomic E-state index is 13.1. The Bertz CT molecular complexity index is 798. The van der Waals surface area contributed by atoms with Crippen LogP contribution in [0, 0.1) is 17.8 Å². The quantitative estimate of drug-likeness (QED) is 0.499. The SMILES string of the molecule is CCOC(C)CN(C)C(=O)CC(C1C=CC(C(=O)O)=CC1)C1C(OC)=CC(OC)=CC1O. The maximum absolute atomic E-state index is 13.1. The molecular formula is C24H35NO7. The number of amides is 1. The van der Waals surface area contributed by atoms with Crippen LogP contribution < -0.4 is 0 Å². The van der Waals surface area contributed by atoms with E-state index < -0.39 is 18.0 Å². The molecule has 0 aliphatic heterocycles. The fourth-order valence-electron chi connectivity index (χ4n) is 4.35. The topological polar surface area (TPSA) is 106 Å². The van der Waals surface area contributed by atoms with Crippen LogP contribution in [0.4, 0.5) is 0 Å². The first-order chi connectivity index (χ1) is 15.2. The number of carbonyl (C=O) groups excluding carboxylic acids is 1. The van der Waals surface area contributed by atoms with Crippen molar-refractivity contribution in [1.29, 1.82) is 0 Å². The van der Waals surface area contributed by atoms with E-state index in [0.717, 1.165) is 0 Å². The number of methoxy groups -OCH3 is 2. The van der Waals surface area contributed by atoms with Crippen LogP contribution in [0.2, 0.25) is 0 Å². The van der Waals surface area contributed by atoms with E-state index in [9.17, 15) is 19.8 Å². The zero-order chi connectivity index (χ0) is 23.8. The van der Waals surface area contributed by atoms with Gasteiger partial charge in [0.2, 0.25) is 5.91 Å². The minimum Gasteiger partial charge on any atom is -0.501 e. The summed E-state index contributed by atoms with van der Waals surface area (Å²) in [6.45, 7) is 4.85. The number of aliphatic hydroxyl groups excluding tert-OH is 1. The van der Waals surface area contributed by atoms with E-state index >= 15 is 0 Å². The number of ether oxygens (including phenoxy) is 3. The van der Waals surface area contributed by atoms with Gasteiger partial charge in [-0.15, -0.1) is 0 Å². The molecule has 2 N–H and O–H groups in total. The van der Waals surface area contributed by atoms with Crippen molar-refractivity contribution in [3.63, 3.8) is 0 Å². The molecule has 32 heavy (non-hydrogen) atoms. The molecule has 0 spiro atoms. The van der Waals surface area contributed by atoms with Crippen LogP contribution in [0.1, 0.15) is 26.7 Å². The molecule has 0 aromatic rings. The number of allylic oxidation sites excluding steroid dienone is 3. The number of carboxylic acid groups (broad SMARTS) is 1. The third-order valence-electron chi connectivity index (χ3n) is 6.00. The first-order valence-electron chi connectivity index (χ1n) is 10.9. The van der Waals surface area contributed by atoms with Gasteiger partial charge < -0.3 is 29.3 Å². The summed E-state index contributed by atoms with van der Waals surface area (Å²) < 4.78 is 16.4. The van der Waals surface area contributed by atoms with Gasteiger partial charge in [0.05, 0.1) is 37.9 Å².